The molecule has 1 fully saturated rings. The monoisotopic (exact) mass is 312 g/mol. The first-order valence-electron chi connectivity index (χ1n) is 7.16. The van der Waals surface area contributed by atoms with Crippen molar-refractivity contribution in [1.29, 1.82) is 0 Å². The number of rotatable bonds is 5. The van der Waals surface area contributed by atoms with Gasteiger partial charge in [0.1, 0.15) is 5.56 Å². The summed E-state index contributed by atoms with van der Waals surface area (Å²) in [7, 11) is 1.40. The fourth-order valence-corrected chi connectivity index (χ4v) is 3.04. The van der Waals surface area contributed by atoms with E-state index < -0.39 is 0 Å². The zero-order chi connectivity index (χ0) is 15.4. The van der Waals surface area contributed by atoms with Gasteiger partial charge in [0.2, 0.25) is 0 Å². The van der Waals surface area contributed by atoms with Crippen LogP contribution in [0.3, 0.4) is 0 Å². The average molecular weight is 313 g/mol. The van der Waals surface area contributed by atoms with Gasteiger partial charge in [0.05, 0.1) is 12.1 Å². The average Bonchev–Trinajstić information content (AvgIpc) is 2.94. The molecule has 1 aromatic carbocycles. The summed E-state index contributed by atoms with van der Waals surface area (Å²) in [5.74, 6) is -0.308. The number of phenolic OH excluding ortho intramolecular Hbond substituents is 1. The Morgan fingerprint density at radius 3 is 3.00 bits per heavy atom. The van der Waals surface area contributed by atoms with E-state index in [-0.39, 0.29) is 28.0 Å². The van der Waals surface area contributed by atoms with Crippen LogP contribution in [0.4, 0.5) is 0 Å². The lowest BCUT2D eigenvalue weighted by atomic mass is 10.1. The summed E-state index contributed by atoms with van der Waals surface area (Å²) in [6, 6.07) is 3.26. The number of hydrogen-bond donors (Lipinski definition) is 2. The summed E-state index contributed by atoms with van der Waals surface area (Å²) < 4.78 is 5.09. The van der Waals surface area contributed by atoms with E-state index in [9.17, 15) is 9.90 Å². The maximum atomic E-state index is 12.3. The first kappa shape index (κ1) is 15.9. The Morgan fingerprint density at radius 2 is 2.33 bits per heavy atom. The maximum Gasteiger partial charge on any atom is 0.256 e. The molecule has 6 heteroatoms. The molecule has 2 N–H and O–H groups in total. The maximum absolute atomic E-state index is 12.3. The van der Waals surface area contributed by atoms with Gasteiger partial charge in [0.15, 0.2) is 11.5 Å². The number of halogens is 1. The van der Waals surface area contributed by atoms with Crippen LogP contribution in [0.2, 0.25) is 5.02 Å². The fraction of sp³-hybridized carbons (Fsp3) is 0.533. The molecule has 0 unspecified atom stereocenters. The Balaban J connectivity index is 2.09. The molecule has 1 aromatic rings. The third-order valence-electron chi connectivity index (χ3n) is 3.92. The van der Waals surface area contributed by atoms with Crippen molar-refractivity contribution in [3.63, 3.8) is 0 Å². The number of amides is 1. The standard InChI is InChI=1S/C15H21ClN2O3/c1-3-18-8-4-5-10(18)9-17-15(20)13-11(16)6-7-12(19)14(13)21-2/h6-7,10,19H,3-5,8-9H2,1-2H3,(H,17,20)/t10-/m0/s1. The van der Waals surface area contributed by atoms with Crippen LogP contribution in [0.1, 0.15) is 30.1 Å². The Bertz CT molecular complexity index is 522. The molecule has 116 valence electrons. The molecule has 0 radical (unpaired) electrons. The van der Waals surface area contributed by atoms with Crippen molar-refractivity contribution in [2.45, 2.75) is 25.8 Å². The van der Waals surface area contributed by atoms with E-state index in [1.165, 1.54) is 19.2 Å². The lowest BCUT2D eigenvalue weighted by molar-refractivity contribution is 0.0938. The molecule has 1 aliphatic rings. The van der Waals surface area contributed by atoms with Gasteiger partial charge in [0.25, 0.3) is 5.91 Å². The van der Waals surface area contributed by atoms with Crippen molar-refractivity contribution in [3.8, 4) is 11.5 Å². The predicted octanol–water partition coefficient (Wildman–Crippen LogP) is 2.27. The highest BCUT2D eigenvalue weighted by Crippen LogP contribution is 2.34. The number of aromatic hydroxyl groups is 1. The summed E-state index contributed by atoms with van der Waals surface area (Å²) in [6.07, 6.45) is 2.24. The van der Waals surface area contributed by atoms with E-state index >= 15 is 0 Å². The lowest BCUT2D eigenvalue weighted by Gasteiger charge is -2.23. The Morgan fingerprint density at radius 1 is 1.57 bits per heavy atom. The molecule has 0 aliphatic carbocycles. The number of ether oxygens (including phenoxy) is 1. The van der Waals surface area contributed by atoms with E-state index in [0.29, 0.717) is 12.6 Å². The Hall–Kier alpha value is -1.46. The minimum Gasteiger partial charge on any atom is -0.504 e. The van der Waals surface area contributed by atoms with Crippen molar-refractivity contribution in [1.82, 2.24) is 10.2 Å². The summed E-state index contributed by atoms with van der Waals surface area (Å²) in [4.78, 5) is 14.7. The van der Waals surface area contributed by atoms with Crippen LogP contribution in [0, 0.1) is 0 Å². The molecule has 0 spiro atoms. The highest BCUT2D eigenvalue weighted by molar-refractivity contribution is 6.34. The zero-order valence-corrected chi connectivity index (χ0v) is 13.1. The SMILES string of the molecule is CCN1CCC[C@H]1CNC(=O)c1c(Cl)ccc(O)c1OC. The molecule has 0 aromatic heterocycles. The first-order chi connectivity index (χ1) is 10.1. The van der Waals surface area contributed by atoms with Gasteiger partial charge in [-0.15, -0.1) is 0 Å². The number of carbonyl (C=O) groups excluding carboxylic acids is 1. The van der Waals surface area contributed by atoms with E-state index in [4.69, 9.17) is 16.3 Å². The minimum absolute atomic E-state index is 0.0944. The van der Waals surface area contributed by atoms with Crippen LogP contribution in [0.25, 0.3) is 0 Å². The van der Waals surface area contributed by atoms with Crippen LogP contribution in [0.5, 0.6) is 11.5 Å². The number of benzene rings is 1. The quantitative estimate of drug-likeness (QED) is 0.875. The van der Waals surface area contributed by atoms with Gasteiger partial charge in [-0.1, -0.05) is 18.5 Å². The van der Waals surface area contributed by atoms with E-state index in [2.05, 4.69) is 17.1 Å². The number of likely N-dealkylation sites (tertiary alicyclic amines) is 1. The summed E-state index contributed by atoms with van der Waals surface area (Å²) in [5, 5.41) is 12.9. The van der Waals surface area contributed by atoms with Crippen molar-refractivity contribution in [3.05, 3.63) is 22.7 Å². The molecular weight excluding hydrogens is 292 g/mol. The van der Waals surface area contributed by atoms with Gasteiger partial charge in [-0.25, -0.2) is 0 Å². The van der Waals surface area contributed by atoms with Crippen molar-refractivity contribution < 1.29 is 14.6 Å². The molecule has 0 bridgehead atoms. The predicted molar refractivity (Wildman–Crippen MR) is 82.3 cm³/mol. The van der Waals surface area contributed by atoms with Gasteiger partial charge < -0.3 is 15.2 Å². The second kappa shape index (κ2) is 7.00. The molecule has 1 atom stereocenters. The number of nitrogens with zero attached hydrogens (tertiary/aromatic N) is 1. The highest BCUT2D eigenvalue weighted by atomic mass is 35.5. The fourth-order valence-electron chi connectivity index (χ4n) is 2.81. The molecule has 0 saturated carbocycles. The molecule has 1 heterocycles. The molecule has 1 amide bonds. The van der Waals surface area contributed by atoms with E-state index in [1.807, 2.05) is 0 Å². The normalized spacial score (nSPS) is 18.7. The number of hydrogen-bond acceptors (Lipinski definition) is 4. The minimum atomic E-state index is -0.323. The smallest absolute Gasteiger partial charge is 0.256 e. The van der Waals surface area contributed by atoms with Gasteiger partial charge in [-0.2, -0.15) is 0 Å². The van der Waals surface area contributed by atoms with Gasteiger partial charge >= 0.3 is 0 Å². The van der Waals surface area contributed by atoms with Gasteiger partial charge in [0, 0.05) is 12.6 Å². The summed E-state index contributed by atoms with van der Waals surface area (Å²) in [6.45, 7) is 4.75. The van der Waals surface area contributed by atoms with Crippen molar-refractivity contribution >= 4 is 17.5 Å². The van der Waals surface area contributed by atoms with E-state index in [1.54, 1.807) is 0 Å². The largest absolute Gasteiger partial charge is 0.504 e. The number of methoxy groups -OCH3 is 1. The Kier molecular flexibility index (Phi) is 5.31. The number of nitrogens with one attached hydrogen (secondary N) is 1. The van der Waals surface area contributed by atoms with Crippen molar-refractivity contribution in [2.75, 3.05) is 26.7 Å². The molecular formula is C15H21ClN2O3. The number of likely N-dealkylation sites (N-methyl/N-ethyl adjacent to an activating group) is 1. The van der Waals surface area contributed by atoms with Gasteiger partial charge in [-0.3, -0.25) is 9.69 Å². The second-order valence-corrected chi connectivity index (χ2v) is 5.52. The topological polar surface area (TPSA) is 61.8 Å². The molecule has 1 aliphatic heterocycles. The highest BCUT2D eigenvalue weighted by Gasteiger charge is 2.25. The molecule has 2 rings (SSSR count). The second-order valence-electron chi connectivity index (χ2n) is 5.11. The summed E-state index contributed by atoms with van der Waals surface area (Å²) >= 11 is 6.06. The Labute approximate surface area is 129 Å². The number of carbonyl (C=O) groups is 1. The molecule has 1 saturated heterocycles. The zero-order valence-electron chi connectivity index (χ0n) is 12.4. The lowest BCUT2D eigenvalue weighted by Crippen LogP contribution is -2.40. The first-order valence-corrected chi connectivity index (χ1v) is 7.54. The third-order valence-corrected chi connectivity index (χ3v) is 4.24. The third kappa shape index (κ3) is 3.41. The summed E-state index contributed by atoms with van der Waals surface area (Å²) in [5.41, 5.74) is 0.181. The van der Waals surface area contributed by atoms with E-state index in [0.717, 1.165) is 25.9 Å². The molecule has 21 heavy (non-hydrogen) atoms. The van der Waals surface area contributed by atoms with Crippen LogP contribution >= 0.6 is 11.6 Å². The van der Waals surface area contributed by atoms with Crippen LogP contribution in [-0.4, -0.2) is 48.7 Å². The van der Waals surface area contributed by atoms with Crippen LogP contribution in [0.15, 0.2) is 12.1 Å². The number of phenols is 1. The van der Waals surface area contributed by atoms with Crippen LogP contribution < -0.4 is 10.1 Å². The van der Waals surface area contributed by atoms with Gasteiger partial charge in [-0.05, 0) is 38.1 Å². The molecule has 5 nitrogen and oxygen atoms in total. The van der Waals surface area contributed by atoms with Crippen LogP contribution in [-0.2, 0) is 0 Å². The van der Waals surface area contributed by atoms with Crippen molar-refractivity contribution in [2.24, 2.45) is 0 Å².